The predicted molar refractivity (Wildman–Crippen MR) is 76.9 cm³/mol. The summed E-state index contributed by atoms with van der Waals surface area (Å²) in [6.07, 6.45) is 0.730. The van der Waals surface area contributed by atoms with Gasteiger partial charge in [-0.15, -0.1) is 0 Å². The number of rotatable bonds is 5. The van der Waals surface area contributed by atoms with E-state index in [1.807, 2.05) is 0 Å². The van der Waals surface area contributed by atoms with Gasteiger partial charge in [0.1, 0.15) is 6.04 Å². The zero-order valence-electron chi connectivity index (χ0n) is 12.1. The fraction of sp³-hybridized carbons (Fsp3) is 0.429. The van der Waals surface area contributed by atoms with Gasteiger partial charge >= 0.3 is 11.9 Å². The maximum absolute atomic E-state index is 12.7. The first kappa shape index (κ1) is 16.4. The molecule has 1 saturated heterocycles. The number of benzene rings is 1. The van der Waals surface area contributed by atoms with E-state index in [2.05, 4.69) is 0 Å². The van der Waals surface area contributed by atoms with Crippen LogP contribution < -0.4 is 0 Å². The van der Waals surface area contributed by atoms with Gasteiger partial charge in [0.15, 0.2) is 0 Å². The zero-order chi connectivity index (χ0) is 16.3. The average molecular weight is 327 g/mol. The smallest absolute Gasteiger partial charge is 0.339 e. The van der Waals surface area contributed by atoms with Crippen LogP contribution in [0.1, 0.15) is 30.1 Å². The summed E-state index contributed by atoms with van der Waals surface area (Å²) in [5.41, 5.74) is -0.0830. The Labute approximate surface area is 128 Å². The normalized spacial score (nSPS) is 19.0. The van der Waals surface area contributed by atoms with Gasteiger partial charge in [0.25, 0.3) is 0 Å². The molecule has 1 fully saturated rings. The molecule has 1 aliphatic heterocycles. The summed E-state index contributed by atoms with van der Waals surface area (Å²) < 4.78 is 31.3. The number of nitrogens with zero attached hydrogens (tertiary/aromatic N) is 1. The number of carbonyl (C=O) groups is 2. The molecule has 2 rings (SSSR count). The van der Waals surface area contributed by atoms with Crippen LogP contribution in [0.2, 0.25) is 0 Å². The van der Waals surface area contributed by atoms with E-state index in [0.717, 1.165) is 4.31 Å². The van der Waals surface area contributed by atoms with Gasteiger partial charge in [-0.2, -0.15) is 4.31 Å². The highest BCUT2D eigenvalue weighted by molar-refractivity contribution is 7.89. The number of carbonyl (C=O) groups excluding carboxylic acids is 1. The lowest BCUT2D eigenvalue weighted by Gasteiger charge is -2.22. The Hall–Kier alpha value is -1.93. The van der Waals surface area contributed by atoms with E-state index >= 15 is 0 Å². The number of carboxylic acids is 1. The monoisotopic (exact) mass is 327 g/mol. The Morgan fingerprint density at radius 2 is 2.05 bits per heavy atom. The predicted octanol–water partition coefficient (Wildman–Crippen LogP) is 1.10. The lowest BCUT2D eigenvalue weighted by atomic mass is 10.2. The van der Waals surface area contributed by atoms with Crippen LogP contribution in [0.15, 0.2) is 29.2 Å². The molecule has 1 aromatic carbocycles. The quantitative estimate of drug-likeness (QED) is 0.813. The summed E-state index contributed by atoms with van der Waals surface area (Å²) in [5, 5.41) is 9.16. The first-order chi connectivity index (χ1) is 10.4. The summed E-state index contributed by atoms with van der Waals surface area (Å²) >= 11 is 0. The van der Waals surface area contributed by atoms with Crippen molar-refractivity contribution >= 4 is 22.0 Å². The molecule has 0 amide bonds. The summed E-state index contributed by atoms with van der Waals surface area (Å²) in [6, 6.07) is 4.57. The molecule has 7 nitrogen and oxygen atoms in total. The summed E-state index contributed by atoms with van der Waals surface area (Å²) in [7, 11) is -4.08. The maximum atomic E-state index is 12.7. The van der Waals surface area contributed by atoms with E-state index in [1.54, 1.807) is 6.92 Å². The topological polar surface area (TPSA) is 101 Å². The minimum absolute atomic E-state index is 0.0830. The van der Waals surface area contributed by atoms with E-state index in [1.165, 1.54) is 24.3 Å². The Kier molecular flexibility index (Phi) is 4.82. The van der Waals surface area contributed by atoms with Crippen LogP contribution in [0.5, 0.6) is 0 Å². The number of hydrogen-bond donors (Lipinski definition) is 1. The van der Waals surface area contributed by atoms with Crippen molar-refractivity contribution in [2.45, 2.75) is 30.7 Å². The molecule has 0 radical (unpaired) electrons. The number of carboxylic acid groups (broad SMARTS) is 1. The van der Waals surface area contributed by atoms with Crippen LogP contribution >= 0.6 is 0 Å². The second kappa shape index (κ2) is 6.45. The largest absolute Gasteiger partial charge is 0.480 e. The van der Waals surface area contributed by atoms with Gasteiger partial charge in [0.05, 0.1) is 17.1 Å². The van der Waals surface area contributed by atoms with Gasteiger partial charge in [-0.25, -0.2) is 13.2 Å². The lowest BCUT2D eigenvalue weighted by molar-refractivity contribution is -0.140. The summed E-state index contributed by atoms with van der Waals surface area (Å²) in [5.74, 6) is -1.93. The molecule has 22 heavy (non-hydrogen) atoms. The second-order valence-corrected chi connectivity index (χ2v) is 6.69. The van der Waals surface area contributed by atoms with Gasteiger partial charge in [-0.1, -0.05) is 12.1 Å². The third-order valence-corrected chi connectivity index (χ3v) is 5.42. The molecule has 0 bridgehead atoms. The van der Waals surface area contributed by atoms with Crippen LogP contribution in [0.4, 0.5) is 0 Å². The van der Waals surface area contributed by atoms with Crippen LogP contribution in [-0.2, 0) is 19.6 Å². The maximum Gasteiger partial charge on any atom is 0.339 e. The molecule has 0 saturated carbocycles. The van der Waals surface area contributed by atoms with E-state index in [9.17, 15) is 18.0 Å². The zero-order valence-corrected chi connectivity index (χ0v) is 12.9. The molecule has 0 aromatic heterocycles. The number of aliphatic carboxylic acids is 1. The lowest BCUT2D eigenvalue weighted by Crippen LogP contribution is -2.40. The molecule has 1 aliphatic rings. The van der Waals surface area contributed by atoms with Crippen LogP contribution in [0, 0.1) is 0 Å². The Morgan fingerprint density at radius 3 is 2.68 bits per heavy atom. The number of ether oxygens (including phenoxy) is 1. The van der Waals surface area contributed by atoms with Crippen molar-refractivity contribution in [1.82, 2.24) is 4.31 Å². The van der Waals surface area contributed by atoms with Crippen LogP contribution in [0.3, 0.4) is 0 Å². The highest BCUT2D eigenvalue weighted by Crippen LogP contribution is 2.28. The van der Waals surface area contributed by atoms with Gasteiger partial charge in [-0.3, -0.25) is 4.79 Å². The van der Waals surface area contributed by atoms with Gasteiger partial charge < -0.3 is 9.84 Å². The Balaban J connectivity index is 2.46. The van der Waals surface area contributed by atoms with Gasteiger partial charge in [-0.05, 0) is 31.9 Å². The van der Waals surface area contributed by atoms with Gasteiger partial charge in [0, 0.05) is 6.54 Å². The van der Waals surface area contributed by atoms with Crippen molar-refractivity contribution in [2.24, 2.45) is 0 Å². The van der Waals surface area contributed by atoms with Crippen molar-refractivity contribution in [1.29, 1.82) is 0 Å². The summed E-state index contributed by atoms with van der Waals surface area (Å²) in [4.78, 5) is 22.9. The van der Waals surface area contributed by atoms with E-state index in [-0.39, 0.29) is 30.0 Å². The van der Waals surface area contributed by atoms with E-state index in [0.29, 0.717) is 6.42 Å². The fourth-order valence-electron chi connectivity index (χ4n) is 2.47. The third-order valence-electron chi connectivity index (χ3n) is 3.46. The molecular weight excluding hydrogens is 310 g/mol. The SMILES string of the molecule is CCOC(=O)c1ccccc1S(=O)(=O)N1CCC[C@@H]1C(=O)O. The summed E-state index contributed by atoms with van der Waals surface area (Å²) in [6.45, 7) is 1.86. The Morgan fingerprint density at radius 1 is 1.36 bits per heavy atom. The first-order valence-electron chi connectivity index (χ1n) is 6.90. The molecular formula is C14H17NO6S. The number of esters is 1. The van der Waals surface area contributed by atoms with Crippen molar-refractivity contribution < 1.29 is 27.9 Å². The average Bonchev–Trinajstić information content (AvgIpc) is 2.98. The van der Waals surface area contributed by atoms with Crippen molar-refractivity contribution in [3.8, 4) is 0 Å². The van der Waals surface area contributed by atoms with E-state index in [4.69, 9.17) is 9.84 Å². The number of hydrogen-bond acceptors (Lipinski definition) is 5. The van der Waals surface area contributed by atoms with Crippen LogP contribution in [0.25, 0.3) is 0 Å². The molecule has 0 spiro atoms. The molecule has 1 atom stereocenters. The minimum Gasteiger partial charge on any atom is -0.480 e. The minimum atomic E-state index is -4.08. The standard InChI is InChI=1S/C14H17NO6S/c1-2-21-14(18)10-6-3-4-8-12(10)22(19,20)15-9-5-7-11(15)13(16)17/h3-4,6,8,11H,2,5,7,9H2,1H3,(H,16,17)/t11-/m1/s1. The molecule has 0 unspecified atom stereocenters. The van der Waals surface area contributed by atoms with Crippen LogP contribution in [-0.4, -0.2) is 49.0 Å². The third kappa shape index (κ3) is 2.97. The highest BCUT2D eigenvalue weighted by Gasteiger charge is 2.40. The molecule has 8 heteroatoms. The molecule has 1 heterocycles. The molecule has 1 aromatic rings. The second-order valence-electron chi connectivity index (χ2n) is 4.83. The van der Waals surface area contributed by atoms with E-state index < -0.39 is 28.0 Å². The highest BCUT2D eigenvalue weighted by atomic mass is 32.2. The van der Waals surface area contributed by atoms with Gasteiger partial charge in [0.2, 0.25) is 10.0 Å². The molecule has 1 N–H and O–H groups in total. The van der Waals surface area contributed by atoms with Crippen molar-refractivity contribution in [3.05, 3.63) is 29.8 Å². The van der Waals surface area contributed by atoms with Crippen molar-refractivity contribution in [3.63, 3.8) is 0 Å². The fourth-order valence-corrected chi connectivity index (χ4v) is 4.30. The molecule has 0 aliphatic carbocycles. The Bertz CT molecular complexity index is 684. The first-order valence-corrected chi connectivity index (χ1v) is 8.34. The van der Waals surface area contributed by atoms with Crippen molar-refractivity contribution in [2.75, 3.05) is 13.2 Å². The number of sulfonamides is 1. The molecule has 120 valence electrons.